The molecule has 1 aliphatic rings. The van der Waals surface area contributed by atoms with E-state index in [0.717, 1.165) is 25.7 Å². The standard InChI is InChI=1S/C17H30N2O4.C2HF3O2/c1-3-7-14-12-16(17(21)22)19-15(14)8-5-4-6-10-23-11-9-18-13(2)20;3-2(4,5)1(6)7/h3,7,14-16,19H,4-6,8-12H2,1-2H3,(H,18,20)(H,21,22);(H,6,7)/b7-3-;/t14-,15-,16-;/m1./s1. The van der Waals surface area contributed by atoms with Gasteiger partial charge in [-0.2, -0.15) is 13.2 Å². The van der Waals surface area contributed by atoms with E-state index in [9.17, 15) is 22.8 Å². The Hall–Kier alpha value is -2.14. The number of nitrogens with one attached hydrogen (secondary N) is 2. The summed E-state index contributed by atoms with van der Waals surface area (Å²) in [7, 11) is 0. The summed E-state index contributed by atoms with van der Waals surface area (Å²) in [5, 5.41) is 22.2. The maximum atomic E-state index is 11.1. The van der Waals surface area contributed by atoms with E-state index in [1.54, 1.807) is 0 Å². The summed E-state index contributed by atoms with van der Waals surface area (Å²) in [4.78, 5) is 30.7. The number of rotatable bonds is 11. The summed E-state index contributed by atoms with van der Waals surface area (Å²) in [6, 6.07) is -0.161. The van der Waals surface area contributed by atoms with Crippen molar-refractivity contribution in [2.45, 2.75) is 64.2 Å². The quantitative estimate of drug-likeness (QED) is 0.287. The van der Waals surface area contributed by atoms with E-state index in [1.165, 1.54) is 6.92 Å². The molecule has 0 spiro atoms. The minimum Gasteiger partial charge on any atom is -0.480 e. The number of carboxylic acids is 2. The van der Waals surface area contributed by atoms with Crippen molar-refractivity contribution in [2.75, 3.05) is 19.8 Å². The molecular formula is C19H31F3N2O6. The summed E-state index contributed by atoms with van der Waals surface area (Å²) in [5.74, 6) is -3.23. The molecule has 0 saturated carbocycles. The molecule has 1 amide bonds. The zero-order chi connectivity index (χ0) is 23.2. The lowest BCUT2D eigenvalue weighted by Crippen LogP contribution is -2.36. The van der Waals surface area contributed by atoms with Gasteiger partial charge in [-0.1, -0.05) is 25.0 Å². The van der Waals surface area contributed by atoms with Gasteiger partial charge in [0.1, 0.15) is 6.04 Å². The van der Waals surface area contributed by atoms with Gasteiger partial charge in [-0.3, -0.25) is 9.59 Å². The van der Waals surface area contributed by atoms with Crippen LogP contribution in [0, 0.1) is 5.92 Å². The van der Waals surface area contributed by atoms with Crippen molar-refractivity contribution in [1.29, 1.82) is 0 Å². The largest absolute Gasteiger partial charge is 0.490 e. The number of hydrogen-bond donors (Lipinski definition) is 4. The zero-order valence-corrected chi connectivity index (χ0v) is 17.2. The van der Waals surface area contributed by atoms with Crippen molar-refractivity contribution in [3.05, 3.63) is 12.2 Å². The summed E-state index contributed by atoms with van der Waals surface area (Å²) >= 11 is 0. The number of amides is 1. The van der Waals surface area contributed by atoms with Crippen LogP contribution in [0.15, 0.2) is 12.2 Å². The molecule has 0 aromatic heterocycles. The summed E-state index contributed by atoms with van der Waals surface area (Å²) < 4.78 is 37.2. The van der Waals surface area contributed by atoms with Crippen LogP contribution in [-0.4, -0.2) is 66.1 Å². The minimum atomic E-state index is -5.08. The number of aliphatic carboxylic acids is 2. The molecule has 1 aliphatic heterocycles. The number of carbonyl (C=O) groups is 3. The van der Waals surface area contributed by atoms with Crippen LogP contribution in [0.3, 0.4) is 0 Å². The molecule has 8 nitrogen and oxygen atoms in total. The summed E-state index contributed by atoms with van der Waals surface area (Å²) in [6.45, 7) is 5.28. The van der Waals surface area contributed by atoms with Gasteiger partial charge in [-0.05, 0) is 32.1 Å². The van der Waals surface area contributed by atoms with Crippen LogP contribution >= 0.6 is 0 Å². The zero-order valence-electron chi connectivity index (χ0n) is 17.2. The summed E-state index contributed by atoms with van der Waals surface area (Å²) in [6.07, 6.45) is 3.83. The third-order valence-electron chi connectivity index (χ3n) is 4.34. The van der Waals surface area contributed by atoms with Gasteiger partial charge in [0, 0.05) is 26.1 Å². The Bertz CT molecular complexity index is 569. The second-order valence-electron chi connectivity index (χ2n) is 6.84. The Balaban J connectivity index is 0.00000103. The van der Waals surface area contributed by atoms with Crippen LogP contribution < -0.4 is 10.6 Å². The van der Waals surface area contributed by atoms with Crippen LogP contribution in [0.4, 0.5) is 13.2 Å². The molecule has 1 fully saturated rings. The Morgan fingerprint density at radius 3 is 2.30 bits per heavy atom. The molecule has 1 heterocycles. The fourth-order valence-corrected chi connectivity index (χ4v) is 2.96. The Morgan fingerprint density at radius 1 is 1.17 bits per heavy atom. The highest BCUT2D eigenvalue weighted by Crippen LogP contribution is 2.26. The average molecular weight is 440 g/mol. The second kappa shape index (κ2) is 14.8. The van der Waals surface area contributed by atoms with Crippen molar-refractivity contribution >= 4 is 17.8 Å². The van der Waals surface area contributed by atoms with E-state index in [1.807, 2.05) is 13.0 Å². The monoisotopic (exact) mass is 440 g/mol. The van der Waals surface area contributed by atoms with Gasteiger partial charge in [0.2, 0.25) is 5.91 Å². The Labute approximate surface area is 173 Å². The molecule has 11 heteroatoms. The van der Waals surface area contributed by atoms with Crippen LogP contribution in [0.5, 0.6) is 0 Å². The minimum absolute atomic E-state index is 0.0342. The van der Waals surface area contributed by atoms with Crippen LogP contribution in [0.1, 0.15) is 46.0 Å². The fraction of sp³-hybridized carbons (Fsp3) is 0.737. The molecule has 3 atom stereocenters. The van der Waals surface area contributed by atoms with Crippen molar-refractivity contribution in [2.24, 2.45) is 5.92 Å². The van der Waals surface area contributed by atoms with E-state index in [4.69, 9.17) is 19.7 Å². The van der Waals surface area contributed by atoms with Gasteiger partial charge in [-0.15, -0.1) is 0 Å². The number of hydrogen-bond acceptors (Lipinski definition) is 5. The van der Waals surface area contributed by atoms with Gasteiger partial charge >= 0.3 is 18.1 Å². The lowest BCUT2D eigenvalue weighted by molar-refractivity contribution is -0.192. The molecule has 0 aromatic rings. The van der Waals surface area contributed by atoms with Gasteiger partial charge in [0.05, 0.1) is 6.61 Å². The second-order valence-corrected chi connectivity index (χ2v) is 6.84. The Morgan fingerprint density at radius 2 is 1.80 bits per heavy atom. The molecular weight excluding hydrogens is 409 g/mol. The van der Waals surface area contributed by atoms with Crippen LogP contribution in [0.25, 0.3) is 0 Å². The molecule has 0 bridgehead atoms. The molecule has 0 unspecified atom stereocenters. The lowest BCUT2D eigenvalue weighted by Gasteiger charge is -2.16. The molecule has 1 saturated heterocycles. The normalized spacial score (nSPS) is 21.2. The summed E-state index contributed by atoms with van der Waals surface area (Å²) in [5.41, 5.74) is 0. The van der Waals surface area contributed by atoms with Gasteiger partial charge in [0.15, 0.2) is 0 Å². The molecule has 4 N–H and O–H groups in total. The number of ether oxygens (including phenoxy) is 1. The smallest absolute Gasteiger partial charge is 0.480 e. The lowest BCUT2D eigenvalue weighted by atomic mass is 9.94. The van der Waals surface area contributed by atoms with E-state index in [-0.39, 0.29) is 11.9 Å². The predicted octanol–water partition coefficient (Wildman–Crippen LogP) is 2.34. The molecule has 0 aromatic carbocycles. The number of unbranched alkanes of at least 4 members (excludes halogenated alkanes) is 2. The van der Waals surface area contributed by atoms with Crippen molar-refractivity contribution in [3.63, 3.8) is 0 Å². The van der Waals surface area contributed by atoms with Crippen LogP contribution in [-0.2, 0) is 19.1 Å². The molecule has 174 valence electrons. The van der Waals surface area contributed by atoms with Gasteiger partial charge in [0.25, 0.3) is 0 Å². The SMILES string of the molecule is C/C=C\[C@@H]1C[C@H](C(=O)O)N[C@@H]1CCCCCOCCNC(C)=O.O=C(O)C(F)(F)F. The maximum absolute atomic E-state index is 11.1. The maximum Gasteiger partial charge on any atom is 0.490 e. The third-order valence-corrected chi connectivity index (χ3v) is 4.34. The van der Waals surface area contributed by atoms with E-state index in [0.29, 0.717) is 32.1 Å². The molecule has 30 heavy (non-hydrogen) atoms. The highest BCUT2D eigenvalue weighted by atomic mass is 19.4. The Kier molecular flexibility index (Phi) is 13.7. The number of carboxylic acid groups (broad SMARTS) is 2. The molecule has 0 radical (unpaired) electrons. The van der Waals surface area contributed by atoms with Gasteiger partial charge in [-0.25, -0.2) is 4.79 Å². The molecule has 1 rings (SSSR count). The topological polar surface area (TPSA) is 125 Å². The number of allylic oxidation sites excluding steroid dienone is 1. The highest BCUT2D eigenvalue weighted by Gasteiger charge is 2.38. The van der Waals surface area contributed by atoms with E-state index < -0.39 is 24.2 Å². The van der Waals surface area contributed by atoms with Crippen LogP contribution in [0.2, 0.25) is 0 Å². The first-order chi connectivity index (χ1) is 14.0. The average Bonchev–Trinajstić information content (AvgIpc) is 3.03. The number of halogens is 3. The van der Waals surface area contributed by atoms with Gasteiger partial charge < -0.3 is 25.6 Å². The predicted molar refractivity (Wildman–Crippen MR) is 103 cm³/mol. The van der Waals surface area contributed by atoms with Crippen molar-refractivity contribution in [3.8, 4) is 0 Å². The molecule has 0 aliphatic carbocycles. The van der Waals surface area contributed by atoms with Crippen molar-refractivity contribution < 1.29 is 42.5 Å². The highest BCUT2D eigenvalue weighted by molar-refractivity contribution is 5.74. The third kappa shape index (κ3) is 13.2. The first kappa shape index (κ1) is 27.9. The fourth-order valence-electron chi connectivity index (χ4n) is 2.96. The van der Waals surface area contributed by atoms with E-state index in [2.05, 4.69) is 16.7 Å². The van der Waals surface area contributed by atoms with Crippen molar-refractivity contribution in [1.82, 2.24) is 10.6 Å². The first-order valence-electron chi connectivity index (χ1n) is 9.73. The first-order valence-corrected chi connectivity index (χ1v) is 9.73. The van der Waals surface area contributed by atoms with E-state index >= 15 is 0 Å². The number of carbonyl (C=O) groups excluding carboxylic acids is 1. The number of alkyl halides is 3.